The van der Waals surface area contributed by atoms with Crippen LogP contribution in [0.1, 0.15) is 43.7 Å². The minimum atomic E-state index is -0.447. The number of rotatable bonds is 7. The zero-order valence-corrected chi connectivity index (χ0v) is 16.5. The number of nitrogens with one attached hydrogen (secondary N) is 1. The van der Waals surface area contributed by atoms with Gasteiger partial charge in [0.2, 0.25) is 5.91 Å². The van der Waals surface area contributed by atoms with E-state index in [1.165, 1.54) is 0 Å². The van der Waals surface area contributed by atoms with Crippen LogP contribution in [0.3, 0.4) is 0 Å². The number of benzene rings is 2. The zero-order valence-electron chi connectivity index (χ0n) is 16.5. The van der Waals surface area contributed by atoms with Crippen LogP contribution in [0, 0.1) is 0 Å². The molecule has 2 aromatic rings. The van der Waals surface area contributed by atoms with Gasteiger partial charge in [0.15, 0.2) is 0 Å². The molecule has 1 N–H and O–H groups in total. The van der Waals surface area contributed by atoms with Gasteiger partial charge in [0, 0.05) is 6.04 Å². The van der Waals surface area contributed by atoms with Crippen molar-refractivity contribution in [2.75, 3.05) is 14.2 Å². The van der Waals surface area contributed by atoms with Crippen molar-refractivity contribution in [3.63, 3.8) is 0 Å². The molecule has 0 radical (unpaired) electrons. The van der Waals surface area contributed by atoms with E-state index in [0.717, 1.165) is 54.7 Å². The average molecular weight is 367 g/mol. The lowest BCUT2D eigenvalue weighted by Gasteiger charge is -2.30. The Morgan fingerprint density at radius 2 is 1.67 bits per heavy atom. The molecule has 1 amide bonds. The molecule has 144 valence electrons. The summed E-state index contributed by atoms with van der Waals surface area (Å²) >= 11 is 0. The number of methoxy groups -OCH3 is 2. The first-order valence-electron chi connectivity index (χ1n) is 9.66. The Morgan fingerprint density at radius 3 is 2.33 bits per heavy atom. The van der Waals surface area contributed by atoms with Gasteiger partial charge in [-0.1, -0.05) is 37.1 Å². The summed E-state index contributed by atoms with van der Waals surface area (Å²) in [7, 11) is 3.33. The number of carbonyl (C=O) groups is 1. The Balaban J connectivity index is 1.75. The Kier molecular flexibility index (Phi) is 6.04. The number of ether oxygens (including phenoxy) is 2. The van der Waals surface area contributed by atoms with E-state index in [9.17, 15) is 4.79 Å². The monoisotopic (exact) mass is 367 g/mol. The molecule has 2 aromatic carbocycles. The summed E-state index contributed by atoms with van der Waals surface area (Å²) in [4.78, 5) is 13.3. The molecule has 0 bridgehead atoms. The van der Waals surface area contributed by atoms with Crippen molar-refractivity contribution >= 4 is 5.91 Å². The Hall–Kier alpha value is -2.49. The van der Waals surface area contributed by atoms with E-state index in [1.54, 1.807) is 14.2 Å². The molecule has 0 saturated heterocycles. The van der Waals surface area contributed by atoms with E-state index < -0.39 is 5.41 Å². The number of amides is 1. The maximum absolute atomic E-state index is 13.3. The molecule has 0 aromatic heterocycles. The number of carbonyl (C=O) groups excluding carboxylic acids is 1. The van der Waals surface area contributed by atoms with Crippen LogP contribution in [-0.4, -0.2) is 26.2 Å². The summed E-state index contributed by atoms with van der Waals surface area (Å²) in [5.74, 6) is 1.77. The quantitative estimate of drug-likeness (QED) is 0.795. The lowest BCUT2D eigenvalue weighted by molar-refractivity contribution is -0.127. The first kappa shape index (κ1) is 19.3. The minimum absolute atomic E-state index is 0.0488. The SMILES string of the molecule is COc1cccc(CC(C)NC(=O)C2(c3cccc(OC)c3)CCCC2)c1. The molecule has 1 fully saturated rings. The maximum Gasteiger partial charge on any atom is 0.230 e. The minimum Gasteiger partial charge on any atom is -0.497 e. The molecule has 1 atom stereocenters. The van der Waals surface area contributed by atoms with Crippen molar-refractivity contribution in [3.05, 3.63) is 59.7 Å². The highest BCUT2D eigenvalue weighted by Gasteiger charge is 2.43. The van der Waals surface area contributed by atoms with E-state index in [4.69, 9.17) is 9.47 Å². The molecular formula is C23H29NO3. The zero-order chi connectivity index (χ0) is 19.3. The van der Waals surface area contributed by atoms with Crippen LogP contribution in [0.15, 0.2) is 48.5 Å². The van der Waals surface area contributed by atoms with E-state index in [1.807, 2.05) is 36.4 Å². The number of hydrogen-bond donors (Lipinski definition) is 1. The number of hydrogen-bond acceptors (Lipinski definition) is 3. The van der Waals surface area contributed by atoms with Gasteiger partial charge in [-0.3, -0.25) is 4.79 Å². The largest absolute Gasteiger partial charge is 0.497 e. The van der Waals surface area contributed by atoms with Gasteiger partial charge in [-0.2, -0.15) is 0 Å². The lowest BCUT2D eigenvalue weighted by atomic mass is 9.77. The Bertz CT molecular complexity index is 781. The molecule has 1 aliphatic carbocycles. The van der Waals surface area contributed by atoms with Crippen molar-refractivity contribution in [1.29, 1.82) is 0 Å². The molecule has 1 saturated carbocycles. The van der Waals surface area contributed by atoms with Crippen molar-refractivity contribution in [2.24, 2.45) is 0 Å². The van der Waals surface area contributed by atoms with Gasteiger partial charge < -0.3 is 14.8 Å². The molecule has 1 unspecified atom stereocenters. The van der Waals surface area contributed by atoms with Gasteiger partial charge in [0.05, 0.1) is 19.6 Å². The smallest absolute Gasteiger partial charge is 0.230 e. The second kappa shape index (κ2) is 8.47. The molecule has 0 spiro atoms. The van der Waals surface area contributed by atoms with Crippen LogP contribution in [0.4, 0.5) is 0 Å². The lowest BCUT2D eigenvalue weighted by Crippen LogP contribution is -2.46. The molecule has 3 rings (SSSR count). The topological polar surface area (TPSA) is 47.6 Å². The van der Waals surface area contributed by atoms with E-state index >= 15 is 0 Å². The van der Waals surface area contributed by atoms with Gasteiger partial charge in [0.25, 0.3) is 0 Å². The van der Waals surface area contributed by atoms with E-state index in [0.29, 0.717) is 0 Å². The Morgan fingerprint density at radius 1 is 1.04 bits per heavy atom. The molecule has 0 aliphatic heterocycles. The molecule has 4 heteroatoms. The summed E-state index contributed by atoms with van der Waals surface area (Å²) in [6, 6.07) is 16.0. The van der Waals surface area contributed by atoms with Gasteiger partial charge in [0.1, 0.15) is 11.5 Å². The fourth-order valence-electron chi connectivity index (χ4n) is 4.11. The predicted octanol–water partition coefficient (Wildman–Crippen LogP) is 4.26. The summed E-state index contributed by atoms with van der Waals surface area (Å²) in [5, 5.41) is 3.26. The molecule has 0 heterocycles. The van der Waals surface area contributed by atoms with Gasteiger partial charge >= 0.3 is 0 Å². The van der Waals surface area contributed by atoms with Crippen molar-refractivity contribution in [2.45, 2.75) is 50.5 Å². The fourth-order valence-corrected chi connectivity index (χ4v) is 4.11. The van der Waals surface area contributed by atoms with Crippen molar-refractivity contribution < 1.29 is 14.3 Å². The Labute approximate surface area is 161 Å². The molecule has 1 aliphatic rings. The van der Waals surface area contributed by atoms with Crippen LogP contribution in [-0.2, 0) is 16.6 Å². The third-order valence-electron chi connectivity index (χ3n) is 5.57. The van der Waals surface area contributed by atoms with E-state index in [2.05, 4.69) is 24.4 Å². The maximum atomic E-state index is 13.3. The highest BCUT2D eigenvalue weighted by molar-refractivity contribution is 5.89. The van der Waals surface area contributed by atoms with Crippen LogP contribution in [0.25, 0.3) is 0 Å². The fraction of sp³-hybridized carbons (Fsp3) is 0.435. The highest BCUT2D eigenvalue weighted by Crippen LogP contribution is 2.42. The van der Waals surface area contributed by atoms with Crippen molar-refractivity contribution in [3.8, 4) is 11.5 Å². The van der Waals surface area contributed by atoms with Gasteiger partial charge in [-0.05, 0) is 61.6 Å². The average Bonchev–Trinajstić information content (AvgIpc) is 3.19. The molecule has 4 nitrogen and oxygen atoms in total. The predicted molar refractivity (Wildman–Crippen MR) is 107 cm³/mol. The normalized spacial score (nSPS) is 16.6. The summed E-state index contributed by atoms with van der Waals surface area (Å²) in [6.45, 7) is 2.06. The first-order valence-corrected chi connectivity index (χ1v) is 9.66. The van der Waals surface area contributed by atoms with Crippen LogP contribution >= 0.6 is 0 Å². The van der Waals surface area contributed by atoms with Crippen LogP contribution in [0.2, 0.25) is 0 Å². The summed E-state index contributed by atoms with van der Waals surface area (Å²) < 4.78 is 10.7. The first-order chi connectivity index (χ1) is 13.1. The highest BCUT2D eigenvalue weighted by atomic mass is 16.5. The third kappa shape index (κ3) is 4.26. The van der Waals surface area contributed by atoms with Crippen LogP contribution < -0.4 is 14.8 Å². The third-order valence-corrected chi connectivity index (χ3v) is 5.57. The summed E-state index contributed by atoms with van der Waals surface area (Å²) in [6.07, 6.45) is 4.71. The van der Waals surface area contributed by atoms with Crippen LogP contribution in [0.5, 0.6) is 11.5 Å². The van der Waals surface area contributed by atoms with Gasteiger partial charge in [-0.25, -0.2) is 0 Å². The summed E-state index contributed by atoms with van der Waals surface area (Å²) in [5.41, 5.74) is 1.77. The second-order valence-corrected chi connectivity index (χ2v) is 7.45. The van der Waals surface area contributed by atoms with E-state index in [-0.39, 0.29) is 11.9 Å². The molecule has 27 heavy (non-hydrogen) atoms. The van der Waals surface area contributed by atoms with Gasteiger partial charge in [-0.15, -0.1) is 0 Å². The molecular weight excluding hydrogens is 338 g/mol. The standard InChI is InChI=1S/C23H29NO3/c1-17(14-18-8-6-10-20(15-18)26-2)24-22(25)23(12-4-5-13-23)19-9-7-11-21(16-19)27-3/h6-11,15-17H,4-5,12-14H2,1-3H3,(H,24,25). The second-order valence-electron chi connectivity index (χ2n) is 7.45. The van der Waals surface area contributed by atoms with Crippen molar-refractivity contribution in [1.82, 2.24) is 5.32 Å².